The molecule has 0 aliphatic heterocycles. The molecule has 0 unspecified atom stereocenters. The summed E-state index contributed by atoms with van der Waals surface area (Å²) in [7, 11) is 0. The summed E-state index contributed by atoms with van der Waals surface area (Å²) in [6.45, 7) is 3.37. The maximum atomic E-state index is 5.95. The molecule has 0 amide bonds. The molecular formula is C16H15ClN2O. The van der Waals surface area contributed by atoms with Crippen LogP contribution in [0.25, 0.3) is 10.9 Å². The number of para-hydroxylation sites is 1. The molecule has 0 aliphatic carbocycles. The average Bonchev–Trinajstić information content (AvgIpc) is 2.83. The topological polar surface area (TPSA) is 27.1 Å². The lowest BCUT2D eigenvalue weighted by Crippen LogP contribution is -2.00. The molecule has 3 rings (SSSR count). The molecule has 102 valence electrons. The van der Waals surface area contributed by atoms with E-state index in [0.717, 1.165) is 28.9 Å². The van der Waals surface area contributed by atoms with E-state index in [1.165, 1.54) is 0 Å². The predicted molar refractivity (Wildman–Crippen MR) is 81.2 cm³/mol. The molecule has 20 heavy (non-hydrogen) atoms. The Morgan fingerprint density at radius 2 is 2.00 bits per heavy atom. The summed E-state index contributed by atoms with van der Waals surface area (Å²) in [6.07, 6.45) is 0. The van der Waals surface area contributed by atoms with E-state index in [1.807, 2.05) is 35.0 Å². The Bertz CT molecular complexity index is 736. The first-order valence-corrected chi connectivity index (χ1v) is 6.98. The van der Waals surface area contributed by atoms with E-state index in [-0.39, 0.29) is 0 Å². The monoisotopic (exact) mass is 286 g/mol. The second-order valence-electron chi connectivity index (χ2n) is 4.53. The largest absolute Gasteiger partial charge is 0.487 e. The van der Waals surface area contributed by atoms with Crippen molar-refractivity contribution in [3.05, 3.63) is 59.2 Å². The van der Waals surface area contributed by atoms with E-state index in [2.05, 4.69) is 24.2 Å². The van der Waals surface area contributed by atoms with Gasteiger partial charge in [-0.15, -0.1) is 0 Å². The molecule has 1 heterocycles. The van der Waals surface area contributed by atoms with Crippen LogP contribution in [0.5, 0.6) is 5.75 Å². The van der Waals surface area contributed by atoms with Crippen molar-refractivity contribution < 1.29 is 4.74 Å². The van der Waals surface area contributed by atoms with E-state index in [0.29, 0.717) is 11.6 Å². The molecule has 0 atom stereocenters. The van der Waals surface area contributed by atoms with Crippen LogP contribution in [0, 0.1) is 0 Å². The molecule has 1 aromatic heterocycles. The third-order valence-electron chi connectivity index (χ3n) is 3.21. The molecule has 0 spiro atoms. The van der Waals surface area contributed by atoms with Crippen LogP contribution >= 0.6 is 11.6 Å². The number of hydrogen-bond acceptors (Lipinski definition) is 2. The van der Waals surface area contributed by atoms with Crippen molar-refractivity contribution in [2.24, 2.45) is 0 Å². The lowest BCUT2D eigenvalue weighted by atomic mass is 10.2. The molecular weight excluding hydrogens is 272 g/mol. The van der Waals surface area contributed by atoms with Gasteiger partial charge in [0.25, 0.3) is 0 Å². The highest BCUT2D eigenvalue weighted by molar-refractivity contribution is 6.30. The van der Waals surface area contributed by atoms with Gasteiger partial charge in [-0.3, -0.25) is 4.68 Å². The number of ether oxygens (including phenoxy) is 1. The van der Waals surface area contributed by atoms with Crippen LogP contribution in [0.4, 0.5) is 0 Å². The third-order valence-corrected chi connectivity index (χ3v) is 3.44. The van der Waals surface area contributed by atoms with Crippen molar-refractivity contribution in [3.8, 4) is 5.75 Å². The second kappa shape index (κ2) is 5.55. The summed E-state index contributed by atoms with van der Waals surface area (Å²) < 4.78 is 7.77. The highest BCUT2D eigenvalue weighted by Gasteiger charge is 2.09. The number of benzene rings is 2. The Morgan fingerprint density at radius 3 is 2.80 bits per heavy atom. The van der Waals surface area contributed by atoms with Crippen LogP contribution in [0.1, 0.15) is 12.6 Å². The lowest BCUT2D eigenvalue weighted by Gasteiger charge is -2.04. The van der Waals surface area contributed by atoms with Gasteiger partial charge in [-0.25, -0.2) is 0 Å². The number of rotatable bonds is 4. The van der Waals surface area contributed by atoms with E-state index < -0.39 is 0 Å². The minimum Gasteiger partial charge on any atom is -0.487 e. The fourth-order valence-corrected chi connectivity index (χ4v) is 2.43. The van der Waals surface area contributed by atoms with Crippen LogP contribution < -0.4 is 4.74 Å². The highest BCUT2D eigenvalue weighted by atomic mass is 35.5. The van der Waals surface area contributed by atoms with Gasteiger partial charge in [0.15, 0.2) is 0 Å². The van der Waals surface area contributed by atoms with Gasteiger partial charge in [-0.2, -0.15) is 5.10 Å². The van der Waals surface area contributed by atoms with Crippen LogP contribution in [0.2, 0.25) is 5.02 Å². The molecule has 0 N–H and O–H groups in total. The maximum Gasteiger partial charge on any atom is 0.133 e. The Labute approximate surface area is 122 Å². The van der Waals surface area contributed by atoms with Crippen LogP contribution in [0.15, 0.2) is 48.5 Å². The number of aromatic nitrogens is 2. The van der Waals surface area contributed by atoms with Crippen molar-refractivity contribution in [1.82, 2.24) is 9.78 Å². The third kappa shape index (κ3) is 2.49. The molecule has 2 aromatic carbocycles. The first-order valence-electron chi connectivity index (χ1n) is 6.60. The van der Waals surface area contributed by atoms with E-state index in [1.54, 1.807) is 6.07 Å². The number of halogens is 1. The second-order valence-corrected chi connectivity index (χ2v) is 4.96. The van der Waals surface area contributed by atoms with Crippen LogP contribution in [-0.2, 0) is 13.2 Å². The average molecular weight is 287 g/mol. The zero-order valence-corrected chi connectivity index (χ0v) is 12.0. The number of aryl methyl sites for hydroxylation is 1. The first-order chi connectivity index (χ1) is 9.78. The minimum atomic E-state index is 0.438. The molecule has 0 saturated heterocycles. The summed E-state index contributed by atoms with van der Waals surface area (Å²) >= 11 is 5.95. The smallest absolute Gasteiger partial charge is 0.133 e. The number of hydrogen-bond donors (Lipinski definition) is 0. The molecule has 3 nitrogen and oxygen atoms in total. The zero-order valence-electron chi connectivity index (χ0n) is 11.2. The summed E-state index contributed by atoms with van der Waals surface area (Å²) in [4.78, 5) is 0. The fourth-order valence-electron chi connectivity index (χ4n) is 2.25. The normalized spacial score (nSPS) is 10.9. The minimum absolute atomic E-state index is 0.438. The van der Waals surface area contributed by atoms with Gasteiger partial charge in [-0.05, 0) is 31.2 Å². The maximum absolute atomic E-state index is 5.95. The van der Waals surface area contributed by atoms with Gasteiger partial charge in [0.1, 0.15) is 18.1 Å². The van der Waals surface area contributed by atoms with E-state index >= 15 is 0 Å². The fraction of sp³-hybridized carbons (Fsp3) is 0.188. The van der Waals surface area contributed by atoms with Crippen LogP contribution in [0.3, 0.4) is 0 Å². The van der Waals surface area contributed by atoms with Gasteiger partial charge in [0, 0.05) is 17.0 Å². The quantitative estimate of drug-likeness (QED) is 0.715. The molecule has 0 radical (unpaired) electrons. The predicted octanol–water partition coefficient (Wildman–Crippen LogP) is 4.29. The van der Waals surface area contributed by atoms with Gasteiger partial charge < -0.3 is 4.74 Å². The molecule has 0 aliphatic rings. The highest BCUT2D eigenvalue weighted by Crippen LogP contribution is 2.22. The van der Waals surface area contributed by atoms with Crippen molar-refractivity contribution in [2.45, 2.75) is 20.1 Å². The molecule has 3 aromatic rings. The lowest BCUT2D eigenvalue weighted by molar-refractivity contribution is 0.301. The van der Waals surface area contributed by atoms with E-state index in [9.17, 15) is 0 Å². The number of fused-ring (bicyclic) bond motifs is 1. The Hall–Kier alpha value is -2.00. The van der Waals surface area contributed by atoms with Crippen molar-refractivity contribution >= 4 is 22.5 Å². The Morgan fingerprint density at radius 1 is 1.15 bits per heavy atom. The Kier molecular flexibility index (Phi) is 3.61. The van der Waals surface area contributed by atoms with Gasteiger partial charge >= 0.3 is 0 Å². The zero-order chi connectivity index (χ0) is 13.9. The summed E-state index contributed by atoms with van der Waals surface area (Å²) in [6, 6.07) is 15.6. The van der Waals surface area contributed by atoms with Crippen molar-refractivity contribution in [2.75, 3.05) is 0 Å². The van der Waals surface area contributed by atoms with Crippen molar-refractivity contribution in [3.63, 3.8) is 0 Å². The first kappa shape index (κ1) is 13.0. The summed E-state index contributed by atoms with van der Waals surface area (Å²) in [5, 5.41) is 6.41. The van der Waals surface area contributed by atoms with Crippen molar-refractivity contribution in [1.29, 1.82) is 0 Å². The van der Waals surface area contributed by atoms with Gasteiger partial charge in [0.2, 0.25) is 0 Å². The van der Waals surface area contributed by atoms with Gasteiger partial charge in [-0.1, -0.05) is 35.9 Å². The molecule has 4 heteroatoms. The molecule has 0 saturated carbocycles. The van der Waals surface area contributed by atoms with E-state index in [4.69, 9.17) is 16.3 Å². The standard InChI is InChI=1S/C16H15ClN2O/c1-2-19-16-9-4-3-8-14(16)15(18-19)11-20-13-7-5-6-12(17)10-13/h3-10H,2,11H2,1H3. The van der Waals surface area contributed by atoms with Crippen LogP contribution in [-0.4, -0.2) is 9.78 Å². The number of nitrogens with zero attached hydrogens (tertiary/aromatic N) is 2. The van der Waals surface area contributed by atoms with Gasteiger partial charge in [0.05, 0.1) is 5.52 Å². The summed E-state index contributed by atoms with van der Waals surface area (Å²) in [5.74, 6) is 0.757. The molecule has 0 fully saturated rings. The molecule has 0 bridgehead atoms. The SMILES string of the molecule is CCn1nc(COc2cccc(Cl)c2)c2ccccc21. The summed E-state index contributed by atoms with van der Waals surface area (Å²) in [5.41, 5.74) is 2.09. The Balaban J connectivity index is 1.88.